The number of aryl methyl sites for hydroxylation is 4. The molecule has 0 unspecified atom stereocenters. The molecule has 36 heavy (non-hydrogen) atoms. The number of hydrogen-bond donors (Lipinski definition) is 1. The van der Waals surface area contributed by atoms with E-state index in [0.717, 1.165) is 87.0 Å². The molecule has 1 aliphatic heterocycles. The van der Waals surface area contributed by atoms with Crippen LogP contribution in [0.2, 0.25) is 0 Å². The summed E-state index contributed by atoms with van der Waals surface area (Å²) in [6.45, 7) is 14.5. The molecule has 1 saturated carbocycles. The van der Waals surface area contributed by atoms with Crippen molar-refractivity contribution in [2.45, 2.75) is 72.1 Å². The molecule has 1 saturated heterocycles. The highest BCUT2D eigenvalue weighted by Gasteiger charge is 2.25. The third-order valence-electron chi connectivity index (χ3n) is 8.14. The van der Waals surface area contributed by atoms with Crippen molar-refractivity contribution in [3.8, 4) is 0 Å². The van der Waals surface area contributed by atoms with Gasteiger partial charge in [0, 0.05) is 55.3 Å². The number of ketones is 2. The molecule has 0 atom stereocenters. The highest BCUT2D eigenvalue weighted by Crippen LogP contribution is 2.31. The van der Waals surface area contributed by atoms with Gasteiger partial charge < -0.3 is 10.2 Å². The number of allylic oxidation sites excluding steroid dienone is 1. The van der Waals surface area contributed by atoms with E-state index in [9.17, 15) is 9.59 Å². The topological polar surface area (TPSA) is 49.4 Å². The van der Waals surface area contributed by atoms with Crippen molar-refractivity contribution in [2.24, 2.45) is 5.92 Å². The number of anilines is 1. The van der Waals surface area contributed by atoms with Crippen LogP contribution in [0, 0.1) is 19.8 Å². The molecular formula is C32H42N2O2. The van der Waals surface area contributed by atoms with E-state index in [0.29, 0.717) is 12.0 Å². The van der Waals surface area contributed by atoms with Crippen LogP contribution in [0.3, 0.4) is 0 Å². The molecule has 4 heteroatoms. The third-order valence-corrected chi connectivity index (χ3v) is 8.14. The van der Waals surface area contributed by atoms with Crippen LogP contribution in [0.1, 0.15) is 83.6 Å². The van der Waals surface area contributed by atoms with Crippen LogP contribution in [-0.4, -0.2) is 37.7 Å². The Hall–Kier alpha value is -2.72. The summed E-state index contributed by atoms with van der Waals surface area (Å²) >= 11 is 0. The average Bonchev–Trinajstić information content (AvgIpc) is 2.92. The Bertz CT molecular complexity index is 1120. The summed E-state index contributed by atoms with van der Waals surface area (Å²) in [5.41, 5.74) is 8.00. The second kappa shape index (κ2) is 12.0. The van der Waals surface area contributed by atoms with Gasteiger partial charge in [-0.2, -0.15) is 0 Å². The van der Waals surface area contributed by atoms with Gasteiger partial charge in [0.1, 0.15) is 0 Å². The van der Waals surface area contributed by atoms with Crippen molar-refractivity contribution in [2.75, 3.05) is 31.1 Å². The SMILES string of the molecule is C=C(C(=O)C1CCCCC1)c1cc(C(=O)CCc2ccc(N3CCNCC3)cc2CC)c(C)cc1C. The van der Waals surface area contributed by atoms with E-state index < -0.39 is 0 Å². The van der Waals surface area contributed by atoms with Crippen LogP contribution in [0.4, 0.5) is 5.69 Å². The first-order chi connectivity index (χ1) is 17.4. The average molecular weight is 487 g/mol. The van der Waals surface area contributed by atoms with E-state index in [4.69, 9.17) is 0 Å². The van der Waals surface area contributed by atoms with Crippen molar-refractivity contribution < 1.29 is 9.59 Å². The van der Waals surface area contributed by atoms with E-state index >= 15 is 0 Å². The van der Waals surface area contributed by atoms with E-state index in [-0.39, 0.29) is 17.5 Å². The molecule has 192 valence electrons. The fourth-order valence-electron chi connectivity index (χ4n) is 5.91. The minimum atomic E-state index is 0.0859. The van der Waals surface area contributed by atoms with Gasteiger partial charge in [0.15, 0.2) is 11.6 Å². The van der Waals surface area contributed by atoms with Gasteiger partial charge in [-0.1, -0.05) is 44.9 Å². The van der Waals surface area contributed by atoms with Gasteiger partial charge in [0.2, 0.25) is 0 Å². The van der Waals surface area contributed by atoms with Crippen LogP contribution in [0.5, 0.6) is 0 Å². The Labute approximate surface area is 217 Å². The second-order valence-electron chi connectivity index (χ2n) is 10.6. The lowest BCUT2D eigenvalue weighted by atomic mass is 9.81. The van der Waals surface area contributed by atoms with Gasteiger partial charge in [-0.25, -0.2) is 0 Å². The third kappa shape index (κ3) is 5.98. The van der Waals surface area contributed by atoms with Crippen LogP contribution in [-0.2, 0) is 17.6 Å². The molecular weight excluding hydrogens is 444 g/mol. The summed E-state index contributed by atoms with van der Waals surface area (Å²) in [4.78, 5) is 29.0. The summed E-state index contributed by atoms with van der Waals surface area (Å²) in [7, 11) is 0. The molecule has 2 aliphatic rings. The molecule has 4 rings (SSSR count). The predicted octanol–water partition coefficient (Wildman–Crippen LogP) is 6.25. The zero-order valence-corrected chi connectivity index (χ0v) is 22.4. The largest absolute Gasteiger partial charge is 0.369 e. The summed E-state index contributed by atoms with van der Waals surface area (Å²) in [5, 5.41) is 3.41. The Morgan fingerprint density at radius 2 is 1.64 bits per heavy atom. The molecule has 0 spiro atoms. The van der Waals surface area contributed by atoms with Gasteiger partial charge in [-0.15, -0.1) is 0 Å². The van der Waals surface area contributed by atoms with Crippen molar-refractivity contribution >= 4 is 22.8 Å². The summed E-state index contributed by atoms with van der Waals surface area (Å²) < 4.78 is 0. The minimum absolute atomic E-state index is 0.0859. The van der Waals surface area contributed by atoms with E-state index in [1.165, 1.54) is 23.2 Å². The Kier molecular flexibility index (Phi) is 8.79. The Morgan fingerprint density at radius 1 is 0.944 bits per heavy atom. The number of piperazine rings is 1. The van der Waals surface area contributed by atoms with Crippen LogP contribution in [0.25, 0.3) is 5.57 Å². The van der Waals surface area contributed by atoms with E-state index in [2.05, 4.69) is 41.9 Å². The molecule has 1 N–H and O–H groups in total. The van der Waals surface area contributed by atoms with Gasteiger partial charge in [-0.3, -0.25) is 9.59 Å². The molecule has 0 amide bonds. The maximum absolute atomic E-state index is 13.4. The molecule has 1 aliphatic carbocycles. The van der Waals surface area contributed by atoms with Crippen molar-refractivity contribution in [1.82, 2.24) is 5.32 Å². The van der Waals surface area contributed by atoms with Gasteiger partial charge in [0.25, 0.3) is 0 Å². The number of rotatable bonds is 9. The van der Waals surface area contributed by atoms with Crippen LogP contribution >= 0.6 is 0 Å². The lowest BCUT2D eigenvalue weighted by molar-refractivity contribution is -0.118. The highest BCUT2D eigenvalue weighted by atomic mass is 16.1. The Balaban J connectivity index is 1.47. The maximum Gasteiger partial charge on any atom is 0.165 e. The first-order valence-corrected chi connectivity index (χ1v) is 13.8. The lowest BCUT2D eigenvalue weighted by Gasteiger charge is -2.30. The molecule has 2 fully saturated rings. The molecule has 2 aromatic rings. The van der Waals surface area contributed by atoms with Crippen LogP contribution in [0.15, 0.2) is 36.9 Å². The smallest absolute Gasteiger partial charge is 0.165 e. The quantitative estimate of drug-likeness (QED) is 0.336. The summed E-state index contributed by atoms with van der Waals surface area (Å²) in [6.07, 6.45) is 7.54. The van der Waals surface area contributed by atoms with Crippen molar-refractivity contribution in [3.63, 3.8) is 0 Å². The predicted molar refractivity (Wildman–Crippen MR) is 150 cm³/mol. The fraction of sp³-hybridized carbons (Fsp3) is 0.500. The number of benzene rings is 2. The number of nitrogens with one attached hydrogen (secondary N) is 1. The van der Waals surface area contributed by atoms with Crippen molar-refractivity contribution in [3.05, 3.63) is 70.3 Å². The number of carbonyl (C=O) groups excluding carboxylic acids is 2. The molecule has 0 bridgehead atoms. The lowest BCUT2D eigenvalue weighted by Crippen LogP contribution is -2.43. The van der Waals surface area contributed by atoms with Gasteiger partial charge >= 0.3 is 0 Å². The normalized spacial score (nSPS) is 16.7. The fourth-order valence-corrected chi connectivity index (χ4v) is 5.91. The highest BCUT2D eigenvalue weighted by molar-refractivity contribution is 6.21. The second-order valence-corrected chi connectivity index (χ2v) is 10.6. The first kappa shape index (κ1) is 26.3. The molecule has 4 nitrogen and oxygen atoms in total. The molecule has 2 aromatic carbocycles. The number of nitrogens with zero attached hydrogens (tertiary/aromatic N) is 1. The van der Waals surface area contributed by atoms with Crippen molar-refractivity contribution in [1.29, 1.82) is 0 Å². The monoisotopic (exact) mass is 486 g/mol. The summed E-state index contributed by atoms with van der Waals surface area (Å²) in [6, 6.07) is 10.7. The molecule has 0 aromatic heterocycles. The zero-order chi connectivity index (χ0) is 25.7. The minimum Gasteiger partial charge on any atom is -0.369 e. The molecule has 0 radical (unpaired) electrons. The number of carbonyl (C=O) groups is 2. The Morgan fingerprint density at radius 3 is 2.33 bits per heavy atom. The maximum atomic E-state index is 13.4. The zero-order valence-electron chi connectivity index (χ0n) is 22.4. The summed E-state index contributed by atoms with van der Waals surface area (Å²) in [5.74, 6) is 0.389. The van der Waals surface area contributed by atoms with E-state index in [1.807, 2.05) is 26.0 Å². The molecule has 1 heterocycles. The number of Topliss-reactive ketones (excluding diaryl/α,β-unsaturated/α-hetero) is 2. The standard InChI is InChI=1S/C32H42N2O2/c1-5-25-20-28(34-17-15-33-16-18-34)13-11-26(25)12-14-31(35)30-21-29(22(2)19-23(30)3)24(4)32(36)27-9-7-6-8-10-27/h11,13,19-21,27,33H,4-10,12,14-18H2,1-3H3. The van der Waals surface area contributed by atoms with Gasteiger partial charge in [0.05, 0.1) is 0 Å². The number of hydrogen-bond acceptors (Lipinski definition) is 4. The van der Waals surface area contributed by atoms with Crippen LogP contribution < -0.4 is 10.2 Å². The van der Waals surface area contributed by atoms with Gasteiger partial charge in [-0.05, 0) is 85.5 Å². The van der Waals surface area contributed by atoms with E-state index in [1.54, 1.807) is 0 Å². The first-order valence-electron chi connectivity index (χ1n) is 13.8.